The fourth-order valence-electron chi connectivity index (χ4n) is 3.77. The number of hydrogen-bond donors (Lipinski definition) is 2. The topological polar surface area (TPSA) is 84.0 Å². The average molecular weight is 475 g/mol. The number of benzene rings is 3. The van der Waals surface area contributed by atoms with E-state index in [1.54, 1.807) is 13.0 Å². The van der Waals surface area contributed by atoms with Crippen molar-refractivity contribution in [2.75, 3.05) is 10.0 Å². The molecule has 7 heteroatoms. The van der Waals surface area contributed by atoms with Crippen LogP contribution in [0.3, 0.4) is 0 Å². The fourth-order valence-corrected chi connectivity index (χ4v) is 5.06. The Bertz CT molecular complexity index is 1460. The monoisotopic (exact) mass is 474 g/mol. The molecule has 0 aliphatic rings. The molecule has 0 unspecified atom stereocenters. The second-order valence-corrected chi connectivity index (χ2v) is 11.0. The molecule has 0 amide bonds. The lowest BCUT2D eigenvalue weighted by Crippen LogP contribution is -2.19. The predicted molar refractivity (Wildman–Crippen MR) is 139 cm³/mol. The maximum Gasteiger partial charge on any atom is 0.263 e. The molecule has 0 bridgehead atoms. The van der Waals surface area contributed by atoms with Gasteiger partial charge < -0.3 is 5.32 Å². The first-order valence-corrected chi connectivity index (χ1v) is 12.8. The Morgan fingerprint density at radius 1 is 0.853 bits per heavy atom. The maximum absolute atomic E-state index is 13.6. The molecule has 4 rings (SSSR count). The standard InChI is InChI=1S/C27H30N4O2S/c1-6-19-11-7-8-12-21(19)28-25-26(30-23-14-10-9-13-22(23)29-25)31-34(32,33)24-17-20(27(3,4)5)16-15-18(24)2/h7-17H,6H2,1-5H3,(H,28,29)(H,30,31). The van der Waals surface area contributed by atoms with Crippen LogP contribution >= 0.6 is 0 Å². The molecule has 2 N–H and O–H groups in total. The summed E-state index contributed by atoms with van der Waals surface area (Å²) < 4.78 is 29.8. The van der Waals surface area contributed by atoms with E-state index < -0.39 is 10.0 Å². The summed E-state index contributed by atoms with van der Waals surface area (Å²) in [6.45, 7) is 10.0. The molecule has 1 heterocycles. The van der Waals surface area contributed by atoms with Gasteiger partial charge in [-0.3, -0.25) is 4.72 Å². The number of aromatic nitrogens is 2. The number of nitrogens with one attached hydrogen (secondary N) is 2. The Labute approximate surface area is 201 Å². The molecule has 6 nitrogen and oxygen atoms in total. The minimum atomic E-state index is -3.92. The highest BCUT2D eigenvalue weighted by Crippen LogP contribution is 2.31. The summed E-state index contributed by atoms with van der Waals surface area (Å²) in [6.07, 6.45) is 0.823. The lowest BCUT2D eigenvalue weighted by atomic mass is 9.87. The number of nitrogens with zero attached hydrogens (tertiary/aromatic N) is 2. The van der Waals surface area contributed by atoms with Gasteiger partial charge in [-0.05, 0) is 59.7 Å². The van der Waals surface area contributed by atoms with E-state index in [1.807, 2.05) is 60.7 Å². The highest BCUT2D eigenvalue weighted by Gasteiger charge is 2.24. The van der Waals surface area contributed by atoms with Crippen molar-refractivity contribution in [1.29, 1.82) is 0 Å². The van der Waals surface area contributed by atoms with Crippen molar-refractivity contribution in [2.45, 2.75) is 51.3 Å². The molecular formula is C27H30N4O2S. The zero-order valence-corrected chi connectivity index (χ0v) is 21.0. The van der Waals surface area contributed by atoms with Gasteiger partial charge in [0.05, 0.1) is 15.9 Å². The van der Waals surface area contributed by atoms with Crippen molar-refractivity contribution in [3.63, 3.8) is 0 Å². The normalized spacial score (nSPS) is 12.0. The quantitative estimate of drug-likeness (QED) is 0.340. The first kappa shape index (κ1) is 23.7. The number of para-hydroxylation sites is 3. The van der Waals surface area contributed by atoms with Crippen LogP contribution in [0.4, 0.5) is 17.3 Å². The lowest BCUT2D eigenvalue weighted by Gasteiger charge is -2.21. The number of aryl methyl sites for hydroxylation is 2. The van der Waals surface area contributed by atoms with Crippen LogP contribution in [-0.2, 0) is 21.9 Å². The van der Waals surface area contributed by atoms with E-state index in [4.69, 9.17) is 4.98 Å². The van der Waals surface area contributed by atoms with E-state index in [1.165, 1.54) is 0 Å². The van der Waals surface area contributed by atoms with Crippen molar-refractivity contribution in [3.05, 3.63) is 83.4 Å². The SMILES string of the molecule is CCc1ccccc1Nc1nc2ccccc2nc1NS(=O)(=O)c1cc(C(C)(C)C)ccc1C. The van der Waals surface area contributed by atoms with Crippen molar-refractivity contribution in [3.8, 4) is 0 Å². The first-order valence-electron chi connectivity index (χ1n) is 11.3. The van der Waals surface area contributed by atoms with Gasteiger partial charge in [0.2, 0.25) is 0 Å². The van der Waals surface area contributed by atoms with E-state index in [9.17, 15) is 8.42 Å². The van der Waals surface area contributed by atoms with Crippen LogP contribution in [0.5, 0.6) is 0 Å². The number of hydrogen-bond acceptors (Lipinski definition) is 5. The molecule has 0 aliphatic carbocycles. The number of fused-ring (bicyclic) bond motifs is 1. The molecule has 1 aromatic heterocycles. The molecule has 0 saturated carbocycles. The molecular weight excluding hydrogens is 444 g/mol. The Morgan fingerprint density at radius 3 is 2.12 bits per heavy atom. The van der Waals surface area contributed by atoms with Gasteiger partial charge in [0.15, 0.2) is 11.6 Å². The second kappa shape index (κ2) is 9.06. The number of sulfonamides is 1. The first-order chi connectivity index (χ1) is 16.1. The van der Waals surface area contributed by atoms with E-state index in [0.717, 1.165) is 23.2 Å². The Kier molecular flexibility index (Phi) is 6.32. The van der Waals surface area contributed by atoms with Crippen LogP contribution in [0, 0.1) is 6.92 Å². The van der Waals surface area contributed by atoms with Crippen molar-refractivity contribution in [2.24, 2.45) is 0 Å². The van der Waals surface area contributed by atoms with Gasteiger partial charge in [0, 0.05) is 5.69 Å². The van der Waals surface area contributed by atoms with E-state index in [2.05, 4.69) is 42.7 Å². The largest absolute Gasteiger partial charge is 0.337 e. The summed E-state index contributed by atoms with van der Waals surface area (Å²) in [7, 11) is -3.92. The molecule has 34 heavy (non-hydrogen) atoms. The van der Waals surface area contributed by atoms with Gasteiger partial charge in [-0.2, -0.15) is 0 Å². The molecule has 0 atom stereocenters. The van der Waals surface area contributed by atoms with Crippen LogP contribution in [0.2, 0.25) is 0 Å². The molecule has 0 radical (unpaired) electrons. The average Bonchev–Trinajstić information content (AvgIpc) is 2.79. The van der Waals surface area contributed by atoms with Crippen molar-refractivity contribution >= 4 is 38.4 Å². The van der Waals surface area contributed by atoms with E-state index in [-0.39, 0.29) is 16.1 Å². The van der Waals surface area contributed by atoms with Gasteiger partial charge in [-0.1, -0.05) is 70.2 Å². The fraction of sp³-hybridized carbons (Fsp3) is 0.259. The summed E-state index contributed by atoms with van der Waals surface area (Å²) >= 11 is 0. The third-order valence-corrected chi connectivity index (χ3v) is 7.28. The molecule has 0 aliphatic heterocycles. The van der Waals surface area contributed by atoms with E-state index >= 15 is 0 Å². The van der Waals surface area contributed by atoms with Gasteiger partial charge in [-0.25, -0.2) is 18.4 Å². The van der Waals surface area contributed by atoms with E-state index in [0.29, 0.717) is 22.4 Å². The van der Waals surface area contributed by atoms with Gasteiger partial charge in [0.25, 0.3) is 10.0 Å². The Morgan fingerprint density at radius 2 is 1.47 bits per heavy atom. The summed E-state index contributed by atoms with van der Waals surface area (Å²) in [5.41, 5.74) is 4.67. The summed E-state index contributed by atoms with van der Waals surface area (Å²) in [6, 6.07) is 20.8. The Balaban J connectivity index is 1.82. The summed E-state index contributed by atoms with van der Waals surface area (Å²) in [5.74, 6) is 0.512. The van der Waals surface area contributed by atoms with Crippen LogP contribution in [0.15, 0.2) is 71.6 Å². The summed E-state index contributed by atoms with van der Waals surface area (Å²) in [4.78, 5) is 9.56. The smallest absolute Gasteiger partial charge is 0.263 e. The maximum atomic E-state index is 13.6. The molecule has 176 valence electrons. The van der Waals surface area contributed by atoms with Crippen LogP contribution in [0.25, 0.3) is 11.0 Å². The minimum Gasteiger partial charge on any atom is -0.337 e. The number of rotatable bonds is 6. The second-order valence-electron chi connectivity index (χ2n) is 9.38. The molecule has 0 fully saturated rings. The Hall–Kier alpha value is -3.45. The van der Waals surface area contributed by atoms with Gasteiger partial charge >= 0.3 is 0 Å². The van der Waals surface area contributed by atoms with Gasteiger partial charge in [-0.15, -0.1) is 0 Å². The molecule has 3 aromatic carbocycles. The molecule has 4 aromatic rings. The molecule has 0 spiro atoms. The van der Waals surface area contributed by atoms with Crippen molar-refractivity contribution in [1.82, 2.24) is 9.97 Å². The zero-order valence-electron chi connectivity index (χ0n) is 20.2. The highest BCUT2D eigenvalue weighted by atomic mass is 32.2. The van der Waals surface area contributed by atoms with Crippen LogP contribution < -0.4 is 10.0 Å². The van der Waals surface area contributed by atoms with Gasteiger partial charge in [0.1, 0.15) is 0 Å². The zero-order chi connectivity index (χ0) is 24.5. The van der Waals surface area contributed by atoms with Crippen LogP contribution in [-0.4, -0.2) is 18.4 Å². The third-order valence-electron chi connectivity index (χ3n) is 5.80. The molecule has 0 saturated heterocycles. The van der Waals surface area contributed by atoms with Crippen LogP contribution in [0.1, 0.15) is 44.4 Å². The third kappa shape index (κ3) is 4.89. The lowest BCUT2D eigenvalue weighted by molar-refractivity contribution is 0.584. The predicted octanol–water partition coefficient (Wildman–Crippen LogP) is 6.34. The minimum absolute atomic E-state index is 0.158. The summed E-state index contributed by atoms with van der Waals surface area (Å²) in [5, 5.41) is 3.31. The number of anilines is 3. The van der Waals surface area contributed by atoms with Crippen molar-refractivity contribution < 1.29 is 8.42 Å². The highest BCUT2D eigenvalue weighted by molar-refractivity contribution is 7.92.